The van der Waals surface area contributed by atoms with Crippen molar-refractivity contribution in [3.05, 3.63) is 42.2 Å². The summed E-state index contributed by atoms with van der Waals surface area (Å²) in [5.41, 5.74) is 8.10. The van der Waals surface area contributed by atoms with Crippen molar-refractivity contribution in [3.8, 4) is 0 Å². The Bertz CT molecular complexity index is 736. The van der Waals surface area contributed by atoms with Gasteiger partial charge < -0.3 is 16.4 Å². The number of benzene rings is 1. The SMILES string of the molecule is Nc1ccccc1CCC(=O)Nc1cnn(CC(=O)NC2CC2)c1. The van der Waals surface area contributed by atoms with Crippen molar-refractivity contribution in [2.75, 3.05) is 11.1 Å². The summed E-state index contributed by atoms with van der Waals surface area (Å²) < 4.78 is 1.52. The van der Waals surface area contributed by atoms with Crippen LogP contribution in [0.4, 0.5) is 11.4 Å². The first kappa shape index (κ1) is 16.0. The Balaban J connectivity index is 1.46. The Morgan fingerprint density at radius 3 is 2.79 bits per heavy atom. The van der Waals surface area contributed by atoms with Crippen molar-refractivity contribution in [1.29, 1.82) is 0 Å². The average molecular weight is 327 g/mol. The van der Waals surface area contributed by atoms with Gasteiger partial charge in [0, 0.05) is 24.3 Å². The van der Waals surface area contributed by atoms with E-state index in [0.29, 0.717) is 30.3 Å². The largest absolute Gasteiger partial charge is 0.399 e. The summed E-state index contributed by atoms with van der Waals surface area (Å²) in [7, 11) is 0. The van der Waals surface area contributed by atoms with Crippen LogP contribution in [0.1, 0.15) is 24.8 Å². The van der Waals surface area contributed by atoms with Crippen LogP contribution in [-0.2, 0) is 22.6 Å². The summed E-state index contributed by atoms with van der Waals surface area (Å²) in [6.45, 7) is 0.160. The van der Waals surface area contributed by atoms with Crippen molar-refractivity contribution in [2.24, 2.45) is 0 Å². The molecule has 1 fully saturated rings. The molecule has 0 saturated heterocycles. The van der Waals surface area contributed by atoms with Gasteiger partial charge in [0.2, 0.25) is 11.8 Å². The Morgan fingerprint density at radius 2 is 2.04 bits per heavy atom. The van der Waals surface area contributed by atoms with Gasteiger partial charge in [0.15, 0.2) is 0 Å². The molecule has 4 N–H and O–H groups in total. The molecule has 1 saturated carbocycles. The molecular formula is C17H21N5O2. The molecule has 24 heavy (non-hydrogen) atoms. The van der Waals surface area contributed by atoms with E-state index in [2.05, 4.69) is 15.7 Å². The van der Waals surface area contributed by atoms with Gasteiger partial charge in [-0.3, -0.25) is 14.3 Å². The summed E-state index contributed by atoms with van der Waals surface area (Å²) in [6.07, 6.45) is 6.22. The number of rotatable bonds is 7. The fourth-order valence-corrected chi connectivity index (χ4v) is 2.40. The molecule has 7 heteroatoms. The summed E-state index contributed by atoms with van der Waals surface area (Å²) in [6, 6.07) is 7.84. The van der Waals surface area contributed by atoms with E-state index >= 15 is 0 Å². The second kappa shape index (κ2) is 7.16. The van der Waals surface area contributed by atoms with Gasteiger partial charge in [0.25, 0.3) is 0 Å². The molecule has 1 aromatic carbocycles. The minimum absolute atomic E-state index is 0.0574. The molecule has 3 rings (SSSR count). The van der Waals surface area contributed by atoms with Crippen molar-refractivity contribution in [2.45, 2.75) is 38.3 Å². The summed E-state index contributed by atoms with van der Waals surface area (Å²) >= 11 is 0. The van der Waals surface area contributed by atoms with E-state index in [9.17, 15) is 9.59 Å². The van der Waals surface area contributed by atoms with Crippen LogP contribution in [-0.4, -0.2) is 27.6 Å². The normalized spacial score (nSPS) is 13.5. The molecule has 1 aliphatic carbocycles. The highest BCUT2D eigenvalue weighted by atomic mass is 16.2. The zero-order valence-corrected chi connectivity index (χ0v) is 13.4. The minimum Gasteiger partial charge on any atom is -0.399 e. The number of aryl methyl sites for hydroxylation is 1. The number of anilines is 2. The lowest BCUT2D eigenvalue weighted by Gasteiger charge is -2.05. The second-order valence-corrected chi connectivity index (χ2v) is 6.02. The van der Waals surface area contributed by atoms with Crippen LogP contribution in [0.3, 0.4) is 0 Å². The van der Waals surface area contributed by atoms with E-state index in [-0.39, 0.29) is 18.4 Å². The monoisotopic (exact) mass is 327 g/mol. The van der Waals surface area contributed by atoms with Gasteiger partial charge in [-0.25, -0.2) is 0 Å². The zero-order chi connectivity index (χ0) is 16.9. The van der Waals surface area contributed by atoms with Crippen LogP contribution in [0.2, 0.25) is 0 Å². The lowest BCUT2D eigenvalue weighted by atomic mass is 10.1. The van der Waals surface area contributed by atoms with Gasteiger partial charge in [-0.2, -0.15) is 5.10 Å². The number of nitrogens with two attached hydrogens (primary N) is 1. The van der Waals surface area contributed by atoms with Crippen molar-refractivity contribution in [3.63, 3.8) is 0 Å². The van der Waals surface area contributed by atoms with Gasteiger partial charge in [-0.1, -0.05) is 18.2 Å². The molecule has 0 bridgehead atoms. The van der Waals surface area contributed by atoms with Crippen LogP contribution in [0.15, 0.2) is 36.7 Å². The summed E-state index contributed by atoms with van der Waals surface area (Å²) in [5, 5.41) is 9.77. The number of carbonyl (C=O) groups is 2. The highest BCUT2D eigenvalue weighted by Gasteiger charge is 2.23. The number of carbonyl (C=O) groups excluding carboxylic acids is 2. The molecule has 0 aliphatic heterocycles. The lowest BCUT2D eigenvalue weighted by molar-refractivity contribution is -0.122. The molecule has 1 aliphatic rings. The molecule has 0 spiro atoms. The molecule has 1 aromatic heterocycles. The lowest BCUT2D eigenvalue weighted by Crippen LogP contribution is -2.29. The number of hydrogen-bond acceptors (Lipinski definition) is 4. The van der Waals surface area contributed by atoms with Crippen molar-refractivity contribution in [1.82, 2.24) is 15.1 Å². The van der Waals surface area contributed by atoms with Crippen molar-refractivity contribution < 1.29 is 9.59 Å². The van der Waals surface area contributed by atoms with Crippen molar-refractivity contribution >= 4 is 23.2 Å². The number of aromatic nitrogens is 2. The summed E-state index contributed by atoms with van der Waals surface area (Å²) in [5.74, 6) is -0.168. The van der Waals surface area contributed by atoms with Gasteiger partial charge in [0.1, 0.15) is 6.54 Å². The van der Waals surface area contributed by atoms with Gasteiger partial charge >= 0.3 is 0 Å². The number of hydrogen-bond donors (Lipinski definition) is 3. The van der Waals surface area contributed by atoms with Crippen LogP contribution in [0.5, 0.6) is 0 Å². The number of nitrogens with one attached hydrogen (secondary N) is 2. The Labute approximate surface area is 140 Å². The van der Waals surface area contributed by atoms with Crippen LogP contribution < -0.4 is 16.4 Å². The molecule has 0 atom stereocenters. The fraction of sp³-hybridized carbons (Fsp3) is 0.353. The number of amides is 2. The molecular weight excluding hydrogens is 306 g/mol. The molecule has 2 aromatic rings. The van der Waals surface area contributed by atoms with E-state index in [4.69, 9.17) is 5.73 Å². The third kappa shape index (κ3) is 4.58. The number of para-hydroxylation sites is 1. The molecule has 126 valence electrons. The zero-order valence-electron chi connectivity index (χ0n) is 13.4. The first-order chi connectivity index (χ1) is 11.6. The fourth-order valence-electron chi connectivity index (χ4n) is 2.40. The third-order valence-electron chi connectivity index (χ3n) is 3.84. The van der Waals surface area contributed by atoms with E-state index in [1.807, 2.05) is 24.3 Å². The van der Waals surface area contributed by atoms with E-state index in [0.717, 1.165) is 18.4 Å². The highest BCUT2D eigenvalue weighted by Crippen LogP contribution is 2.18. The maximum Gasteiger partial charge on any atom is 0.241 e. The molecule has 2 amide bonds. The van der Waals surface area contributed by atoms with Gasteiger partial charge in [-0.15, -0.1) is 0 Å². The summed E-state index contributed by atoms with van der Waals surface area (Å²) in [4.78, 5) is 23.7. The topological polar surface area (TPSA) is 102 Å². The predicted molar refractivity (Wildman–Crippen MR) is 91.2 cm³/mol. The second-order valence-electron chi connectivity index (χ2n) is 6.02. The van der Waals surface area contributed by atoms with Crippen LogP contribution >= 0.6 is 0 Å². The predicted octanol–water partition coefficient (Wildman–Crippen LogP) is 1.32. The Morgan fingerprint density at radius 1 is 1.25 bits per heavy atom. The van der Waals surface area contributed by atoms with Gasteiger partial charge in [0.05, 0.1) is 11.9 Å². The highest BCUT2D eigenvalue weighted by molar-refractivity contribution is 5.90. The van der Waals surface area contributed by atoms with E-state index in [1.54, 1.807) is 12.4 Å². The standard InChI is InChI=1S/C17H21N5O2/c18-15-4-2-1-3-12(15)5-8-16(23)21-14-9-19-22(10-14)11-17(24)20-13-6-7-13/h1-4,9-10,13H,5-8,11,18H2,(H,20,24)(H,21,23). The number of nitrogens with zero attached hydrogens (tertiary/aromatic N) is 2. The maximum absolute atomic E-state index is 12.0. The van der Waals surface area contributed by atoms with Gasteiger partial charge in [-0.05, 0) is 30.9 Å². The smallest absolute Gasteiger partial charge is 0.241 e. The average Bonchev–Trinajstić information content (AvgIpc) is 3.25. The van der Waals surface area contributed by atoms with E-state index < -0.39 is 0 Å². The van der Waals surface area contributed by atoms with E-state index in [1.165, 1.54) is 4.68 Å². The first-order valence-corrected chi connectivity index (χ1v) is 8.05. The maximum atomic E-state index is 12.0. The first-order valence-electron chi connectivity index (χ1n) is 8.05. The molecule has 1 heterocycles. The minimum atomic E-state index is -0.111. The van der Waals surface area contributed by atoms with Crippen LogP contribution in [0, 0.1) is 0 Å². The quantitative estimate of drug-likeness (QED) is 0.667. The molecule has 0 unspecified atom stereocenters. The Hall–Kier alpha value is -2.83. The molecule has 0 radical (unpaired) electrons. The number of nitrogen functional groups attached to an aromatic ring is 1. The Kier molecular flexibility index (Phi) is 4.79. The third-order valence-corrected chi connectivity index (χ3v) is 3.84. The van der Waals surface area contributed by atoms with Crippen LogP contribution in [0.25, 0.3) is 0 Å². The molecule has 7 nitrogen and oxygen atoms in total.